The molecule has 0 aliphatic heterocycles. The average Bonchev–Trinajstić information content (AvgIpc) is 2.48. The van der Waals surface area contributed by atoms with Crippen molar-refractivity contribution in [2.75, 3.05) is 0 Å². The normalized spacial score (nSPS) is 13.0. The number of alkyl halides is 3. The quantitative estimate of drug-likeness (QED) is 0.643. The van der Waals surface area contributed by atoms with Crippen molar-refractivity contribution in [2.24, 2.45) is 5.16 Å². The highest BCUT2D eigenvalue weighted by atomic mass is 19.4. The maximum Gasteiger partial charge on any atom is 0.416 e. The van der Waals surface area contributed by atoms with E-state index in [0.717, 1.165) is 18.2 Å². The molecular weight excluding hydrogens is 337 g/mol. The molecule has 0 aliphatic carbocycles. The number of hydrogen-bond acceptors (Lipinski definition) is 5. The number of halogens is 3. The second kappa shape index (κ2) is 6.62. The van der Waals surface area contributed by atoms with Crippen LogP contribution < -0.4 is 0 Å². The van der Waals surface area contributed by atoms with Gasteiger partial charge in [0.25, 0.3) is 0 Å². The lowest BCUT2D eigenvalue weighted by atomic mass is 10.0. The summed E-state index contributed by atoms with van der Waals surface area (Å²) in [6, 6.07) is 5.14. The first kappa shape index (κ1) is 18.6. The maximum atomic E-state index is 13.0. The van der Waals surface area contributed by atoms with Gasteiger partial charge in [0.15, 0.2) is 0 Å². The van der Waals surface area contributed by atoms with Crippen LogP contribution in [0.3, 0.4) is 0 Å². The van der Waals surface area contributed by atoms with Gasteiger partial charge in [-0.15, -0.1) is 0 Å². The Labute approximate surface area is 142 Å². The van der Waals surface area contributed by atoms with Crippen molar-refractivity contribution in [3.05, 3.63) is 53.3 Å². The Morgan fingerprint density at radius 3 is 2.32 bits per heavy atom. The first-order valence-electron chi connectivity index (χ1n) is 7.30. The second-order valence-electron chi connectivity index (χ2n) is 6.24. The SMILES string of the molecule is CC(C)(C)ON=C(c1cc(C(F)(F)F)ccc1O)c1ncccc1O. The molecule has 0 saturated carbocycles. The van der Waals surface area contributed by atoms with E-state index < -0.39 is 23.1 Å². The molecule has 0 aliphatic rings. The van der Waals surface area contributed by atoms with E-state index in [9.17, 15) is 23.4 Å². The summed E-state index contributed by atoms with van der Waals surface area (Å²) in [5, 5.41) is 23.9. The number of rotatable bonds is 3. The van der Waals surface area contributed by atoms with Gasteiger partial charge in [0, 0.05) is 11.8 Å². The van der Waals surface area contributed by atoms with Crippen LogP contribution in [0.15, 0.2) is 41.7 Å². The van der Waals surface area contributed by atoms with E-state index >= 15 is 0 Å². The van der Waals surface area contributed by atoms with Crippen LogP contribution in [0.1, 0.15) is 37.6 Å². The number of aromatic hydroxyl groups is 2. The summed E-state index contributed by atoms with van der Waals surface area (Å²) in [4.78, 5) is 9.22. The molecule has 2 N–H and O–H groups in total. The van der Waals surface area contributed by atoms with Crippen molar-refractivity contribution >= 4 is 5.71 Å². The van der Waals surface area contributed by atoms with Crippen LogP contribution in [-0.4, -0.2) is 26.5 Å². The van der Waals surface area contributed by atoms with E-state index in [2.05, 4.69) is 10.1 Å². The first-order chi connectivity index (χ1) is 11.5. The topological polar surface area (TPSA) is 74.9 Å². The fourth-order valence-corrected chi connectivity index (χ4v) is 1.88. The third kappa shape index (κ3) is 4.62. The zero-order valence-corrected chi connectivity index (χ0v) is 13.8. The van der Waals surface area contributed by atoms with Gasteiger partial charge in [-0.05, 0) is 51.1 Å². The number of phenols is 1. The number of oxime groups is 1. The summed E-state index contributed by atoms with van der Waals surface area (Å²) in [5.74, 6) is -0.759. The van der Waals surface area contributed by atoms with Gasteiger partial charge in [-0.25, -0.2) is 0 Å². The molecule has 5 nitrogen and oxygen atoms in total. The highest BCUT2D eigenvalue weighted by Gasteiger charge is 2.32. The minimum absolute atomic E-state index is 0.110. The molecule has 0 saturated heterocycles. The largest absolute Gasteiger partial charge is 0.507 e. The molecule has 1 heterocycles. The zero-order chi connectivity index (χ0) is 18.8. The van der Waals surface area contributed by atoms with Gasteiger partial charge < -0.3 is 15.1 Å². The summed E-state index contributed by atoms with van der Waals surface area (Å²) in [6.45, 7) is 5.08. The lowest BCUT2D eigenvalue weighted by Gasteiger charge is -2.18. The third-order valence-electron chi connectivity index (χ3n) is 3.00. The molecule has 1 aromatic carbocycles. The minimum atomic E-state index is -4.61. The number of pyridine rings is 1. The Balaban J connectivity index is 2.67. The number of hydrogen-bond donors (Lipinski definition) is 2. The van der Waals surface area contributed by atoms with Gasteiger partial charge in [-0.2, -0.15) is 13.2 Å². The molecule has 1 aromatic heterocycles. The van der Waals surface area contributed by atoms with Crippen LogP contribution in [0, 0.1) is 0 Å². The predicted molar refractivity (Wildman–Crippen MR) is 85.5 cm³/mol. The highest BCUT2D eigenvalue weighted by molar-refractivity contribution is 6.14. The minimum Gasteiger partial charge on any atom is -0.507 e. The smallest absolute Gasteiger partial charge is 0.416 e. The summed E-state index contributed by atoms with van der Waals surface area (Å²) in [7, 11) is 0. The predicted octanol–water partition coefficient (Wildman–Crippen LogP) is 4.08. The van der Waals surface area contributed by atoms with Crippen molar-refractivity contribution in [3.63, 3.8) is 0 Å². The van der Waals surface area contributed by atoms with E-state index in [1.54, 1.807) is 20.8 Å². The van der Waals surface area contributed by atoms with Crippen LogP contribution >= 0.6 is 0 Å². The Hall–Kier alpha value is -2.77. The van der Waals surface area contributed by atoms with Crippen molar-refractivity contribution < 1.29 is 28.2 Å². The van der Waals surface area contributed by atoms with Crippen LogP contribution in [0.25, 0.3) is 0 Å². The van der Waals surface area contributed by atoms with E-state index in [0.29, 0.717) is 0 Å². The van der Waals surface area contributed by atoms with Gasteiger partial charge in [-0.1, -0.05) is 5.16 Å². The monoisotopic (exact) mass is 354 g/mol. The van der Waals surface area contributed by atoms with E-state index in [4.69, 9.17) is 4.84 Å². The van der Waals surface area contributed by atoms with E-state index in [1.165, 1.54) is 18.3 Å². The Kier molecular flexibility index (Phi) is 4.92. The number of aromatic nitrogens is 1. The fourth-order valence-electron chi connectivity index (χ4n) is 1.88. The Morgan fingerprint density at radius 1 is 1.08 bits per heavy atom. The third-order valence-corrected chi connectivity index (χ3v) is 3.00. The lowest BCUT2D eigenvalue weighted by Crippen LogP contribution is -2.18. The first-order valence-corrected chi connectivity index (χ1v) is 7.30. The average molecular weight is 354 g/mol. The molecule has 0 amide bonds. The molecular formula is C17H17F3N2O3. The van der Waals surface area contributed by atoms with Gasteiger partial charge in [0.2, 0.25) is 0 Å². The molecule has 8 heteroatoms. The van der Waals surface area contributed by atoms with E-state index in [-0.39, 0.29) is 22.7 Å². The summed E-state index contributed by atoms with van der Waals surface area (Å²) in [5.41, 5.74) is -2.29. The van der Waals surface area contributed by atoms with Crippen LogP contribution in [-0.2, 0) is 11.0 Å². The molecule has 0 radical (unpaired) electrons. The van der Waals surface area contributed by atoms with Gasteiger partial charge in [0.1, 0.15) is 28.5 Å². The fraction of sp³-hybridized carbons (Fsp3) is 0.294. The molecule has 2 rings (SSSR count). The molecule has 0 atom stereocenters. The number of phenolic OH excluding ortho intramolecular Hbond substituents is 1. The summed E-state index contributed by atoms with van der Waals surface area (Å²) >= 11 is 0. The Morgan fingerprint density at radius 2 is 1.76 bits per heavy atom. The lowest BCUT2D eigenvalue weighted by molar-refractivity contribution is -0.137. The maximum absolute atomic E-state index is 13.0. The van der Waals surface area contributed by atoms with Crippen LogP contribution in [0.4, 0.5) is 13.2 Å². The summed E-state index contributed by atoms with van der Waals surface area (Å²) in [6.07, 6.45) is -3.27. The van der Waals surface area contributed by atoms with Crippen LogP contribution in [0.5, 0.6) is 11.5 Å². The van der Waals surface area contributed by atoms with Crippen molar-refractivity contribution in [1.82, 2.24) is 4.98 Å². The second-order valence-corrected chi connectivity index (χ2v) is 6.24. The van der Waals surface area contributed by atoms with E-state index in [1.807, 2.05) is 0 Å². The number of nitrogens with zero attached hydrogens (tertiary/aromatic N) is 2. The van der Waals surface area contributed by atoms with Crippen molar-refractivity contribution in [1.29, 1.82) is 0 Å². The molecule has 0 bridgehead atoms. The highest BCUT2D eigenvalue weighted by Crippen LogP contribution is 2.34. The standard InChI is InChI=1S/C17H17F3N2O3/c1-16(2,3)25-22-14(15-13(24)5-4-8-21-15)11-9-10(17(18,19)20)6-7-12(11)23/h4-9,23-24H,1-3H3. The molecule has 134 valence electrons. The zero-order valence-electron chi connectivity index (χ0n) is 13.8. The Bertz CT molecular complexity index is 796. The molecule has 2 aromatic rings. The van der Waals surface area contributed by atoms with Gasteiger partial charge in [0.05, 0.1) is 5.56 Å². The molecule has 0 spiro atoms. The molecule has 0 fully saturated rings. The van der Waals surface area contributed by atoms with Crippen molar-refractivity contribution in [3.8, 4) is 11.5 Å². The van der Waals surface area contributed by atoms with Gasteiger partial charge >= 0.3 is 6.18 Å². The molecule has 0 unspecified atom stereocenters. The summed E-state index contributed by atoms with van der Waals surface area (Å²) < 4.78 is 39.0. The number of benzene rings is 1. The van der Waals surface area contributed by atoms with Crippen LogP contribution in [0.2, 0.25) is 0 Å². The van der Waals surface area contributed by atoms with Crippen molar-refractivity contribution in [2.45, 2.75) is 32.5 Å². The van der Waals surface area contributed by atoms with Gasteiger partial charge in [-0.3, -0.25) is 4.98 Å². The molecule has 25 heavy (non-hydrogen) atoms.